The molecule has 0 aromatic carbocycles. The summed E-state index contributed by atoms with van der Waals surface area (Å²) in [5.41, 5.74) is 0. The Morgan fingerprint density at radius 3 is 2.80 bits per heavy atom. The maximum Gasteiger partial charge on any atom is 0.225 e. The Bertz CT molecular complexity index is 332. The van der Waals surface area contributed by atoms with Crippen LogP contribution in [0.2, 0.25) is 0 Å². The van der Waals surface area contributed by atoms with Crippen LogP contribution in [0.15, 0.2) is 0 Å². The minimum atomic E-state index is -3.37. The molecule has 0 radical (unpaired) electrons. The molecule has 15 heavy (non-hydrogen) atoms. The monoisotopic (exact) mass is 230 g/mol. The van der Waals surface area contributed by atoms with Crippen molar-refractivity contribution in [2.24, 2.45) is 5.92 Å². The fourth-order valence-corrected chi connectivity index (χ4v) is 3.12. The molecule has 1 saturated carbocycles. The Morgan fingerprint density at radius 2 is 2.20 bits per heavy atom. The van der Waals surface area contributed by atoms with E-state index in [1.54, 1.807) is 6.07 Å². The van der Waals surface area contributed by atoms with Crippen molar-refractivity contribution >= 4 is 10.0 Å². The van der Waals surface area contributed by atoms with Gasteiger partial charge in [0.05, 0.1) is 6.07 Å². The van der Waals surface area contributed by atoms with Crippen molar-refractivity contribution in [2.75, 3.05) is 5.75 Å². The van der Waals surface area contributed by atoms with Gasteiger partial charge in [-0.3, -0.25) is 0 Å². The van der Waals surface area contributed by atoms with E-state index in [1.807, 2.05) is 0 Å². The highest BCUT2D eigenvalue weighted by Crippen LogP contribution is 2.26. The molecule has 0 saturated heterocycles. The molecule has 2 atom stereocenters. The van der Waals surface area contributed by atoms with Gasteiger partial charge in [0.2, 0.25) is 10.0 Å². The average Bonchev–Trinajstić information content (AvgIpc) is 2.17. The van der Waals surface area contributed by atoms with Crippen molar-refractivity contribution in [1.29, 1.82) is 5.26 Å². The molecule has 1 rings (SSSR count). The van der Waals surface area contributed by atoms with Crippen LogP contribution in [0.25, 0.3) is 0 Å². The fraction of sp³-hybridized carbons (Fsp3) is 0.900. The highest BCUT2D eigenvalue weighted by Gasteiger charge is 2.24. The quantitative estimate of drug-likeness (QED) is 0.793. The van der Waals surface area contributed by atoms with Crippen LogP contribution < -0.4 is 4.72 Å². The van der Waals surface area contributed by atoms with Gasteiger partial charge >= 0.3 is 0 Å². The second kappa shape index (κ2) is 5.47. The van der Waals surface area contributed by atoms with Crippen LogP contribution in [0.1, 0.15) is 39.0 Å². The number of nitrogens with one attached hydrogen (secondary N) is 1. The Morgan fingerprint density at radius 1 is 1.47 bits per heavy atom. The standard InChI is InChI=1S/C10H18N2O2S/c1-2-9-4-3-5-10(8-9)12-15(13,14)7-6-11/h9-10,12H,2-5,7-8H2,1H3. The number of hydrogen-bond acceptors (Lipinski definition) is 3. The Kier molecular flexibility index (Phi) is 4.55. The Balaban J connectivity index is 2.48. The third-order valence-corrected chi connectivity index (χ3v) is 4.16. The lowest BCUT2D eigenvalue weighted by Crippen LogP contribution is -2.39. The van der Waals surface area contributed by atoms with Gasteiger partial charge in [-0.1, -0.05) is 26.2 Å². The third-order valence-electron chi connectivity index (χ3n) is 2.96. The predicted octanol–water partition coefficient (Wildman–Crippen LogP) is 1.40. The van der Waals surface area contributed by atoms with Gasteiger partial charge in [-0.05, 0) is 18.8 Å². The van der Waals surface area contributed by atoms with Crippen molar-refractivity contribution < 1.29 is 8.42 Å². The van der Waals surface area contributed by atoms with Gasteiger partial charge in [0.25, 0.3) is 0 Å². The van der Waals surface area contributed by atoms with Gasteiger partial charge in [-0.25, -0.2) is 13.1 Å². The van der Waals surface area contributed by atoms with Crippen molar-refractivity contribution in [3.63, 3.8) is 0 Å². The molecule has 86 valence electrons. The molecule has 0 aliphatic heterocycles. The zero-order valence-electron chi connectivity index (χ0n) is 9.07. The van der Waals surface area contributed by atoms with E-state index in [-0.39, 0.29) is 6.04 Å². The van der Waals surface area contributed by atoms with E-state index in [9.17, 15) is 8.42 Å². The summed E-state index contributed by atoms with van der Waals surface area (Å²) in [6.07, 6.45) is 5.21. The highest BCUT2D eigenvalue weighted by molar-refractivity contribution is 7.89. The summed E-state index contributed by atoms with van der Waals surface area (Å²) in [5.74, 6) is 0.203. The van der Waals surface area contributed by atoms with Crippen LogP contribution in [-0.4, -0.2) is 20.2 Å². The summed E-state index contributed by atoms with van der Waals surface area (Å²) >= 11 is 0. The summed E-state index contributed by atoms with van der Waals surface area (Å²) in [4.78, 5) is 0. The molecule has 5 heteroatoms. The van der Waals surface area contributed by atoms with E-state index in [1.165, 1.54) is 6.42 Å². The normalized spacial score (nSPS) is 27.2. The van der Waals surface area contributed by atoms with Crippen molar-refractivity contribution in [1.82, 2.24) is 4.72 Å². The molecule has 1 aliphatic carbocycles. The van der Waals surface area contributed by atoms with E-state index in [0.29, 0.717) is 5.92 Å². The minimum Gasteiger partial charge on any atom is -0.211 e. The third kappa shape index (κ3) is 4.18. The maximum absolute atomic E-state index is 11.4. The van der Waals surface area contributed by atoms with E-state index in [0.717, 1.165) is 25.7 Å². The number of nitrogens with zero attached hydrogens (tertiary/aromatic N) is 1. The predicted molar refractivity (Wildman–Crippen MR) is 58.6 cm³/mol. The number of rotatable bonds is 4. The van der Waals surface area contributed by atoms with Crippen molar-refractivity contribution in [2.45, 2.75) is 45.1 Å². The van der Waals surface area contributed by atoms with Gasteiger partial charge in [0, 0.05) is 6.04 Å². The van der Waals surface area contributed by atoms with Crippen molar-refractivity contribution in [3.05, 3.63) is 0 Å². The zero-order chi connectivity index (χ0) is 11.3. The fourth-order valence-electron chi connectivity index (χ4n) is 2.15. The summed E-state index contributed by atoms with van der Waals surface area (Å²) in [6.45, 7) is 2.14. The number of hydrogen-bond donors (Lipinski definition) is 1. The smallest absolute Gasteiger partial charge is 0.211 e. The molecule has 2 unspecified atom stereocenters. The Labute approximate surface area is 91.7 Å². The van der Waals surface area contributed by atoms with E-state index >= 15 is 0 Å². The molecule has 1 aliphatic rings. The van der Waals surface area contributed by atoms with Crippen molar-refractivity contribution in [3.8, 4) is 6.07 Å². The van der Waals surface area contributed by atoms with Gasteiger partial charge < -0.3 is 0 Å². The van der Waals surface area contributed by atoms with Gasteiger partial charge in [0.1, 0.15) is 0 Å². The average molecular weight is 230 g/mol. The zero-order valence-corrected chi connectivity index (χ0v) is 9.89. The molecule has 1 fully saturated rings. The van der Waals surface area contributed by atoms with Gasteiger partial charge in [-0.2, -0.15) is 5.26 Å². The maximum atomic E-state index is 11.4. The second-order valence-electron chi connectivity index (χ2n) is 4.17. The largest absolute Gasteiger partial charge is 0.225 e. The van der Waals surface area contributed by atoms with E-state index in [2.05, 4.69) is 11.6 Å². The number of nitriles is 1. The molecule has 4 nitrogen and oxygen atoms in total. The highest BCUT2D eigenvalue weighted by atomic mass is 32.2. The van der Waals surface area contributed by atoms with Crippen LogP contribution in [0.4, 0.5) is 0 Å². The van der Waals surface area contributed by atoms with Crippen LogP contribution in [0.5, 0.6) is 0 Å². The van der Waals surface area contributed by atoms with Gasteiger partial charge in [-0.15, -0.1) is 0 Å². The van der Waals surface area contributed by atoms with Crippen LogP contribution in [-0.2, 0) is 10.0 Å². The molecular weight excluding hydrogens is 212 g/mol. The Hall–Kier alpha value is -0.600. The molecule has 0 amide bonds. The first kappa shape index (κ1) is 12.5. The molecule has 0 bridgehead atoms. The first-order valence-electron chi connectivity index (χ1n) is 5.44. The van der Waals surface area contributed by atoms with Crippen LogP contribution in [0.3, 0.4) is 0 Å². The van der Waals surface area contributed by atoms with E-state index < -0.39 is 15.8 Å². The van der Waals surface area contributed by atoms with Crippen LogP contribution >= 0.6 is 0 Å². The first-order valence-corrected chi connectivity index (χ1v) is 7.09. The summed E-state index contributed by atoms with van der Waals surface area (Å²) in [5, 5.41) is 8.36. The topological polar surface area (TPSA) is 70.0 Å². The minimum absolute atomic E-state index is 0.0436. The molecule has 0 heterocycles. The molecule has 0 aromatic rings. The lowest BCUT2D eigenvalue weighted by atomic mass is 9.85. The SMILES string of the molecule is CCC1CCCC(NS(=O)(=O)CC#N)C1. The lowest BCUT2D eigenvalue weighted by Gasteiger charge is -2.28. The molecule has 0 spiro atoms. The second-order valence-corrected chi connectivity index (χ2v) is 5.93. The number of sulfonamides is 1. The first-order chi connectivity index (χ1) is 7.07. The summed E-state index contributed by atoms with van der Waals surface area (Å²) in [6, 6.07) is 1.72. The molecule has 0 aromatic heterocycles. The summed E-state index contributed by atoms with van der Waals surface area (Å²) in [7, 11) is -3.37. The molecule has 1 N–H and O–H groups in total. The van der Waals surface area contributed by atoms with Crippen LogP contribution in [0, 0.1) is 17.2 Å². The lowest BCUT2D eigenvalue weighted by molar-refractivity contribution is 0.301. The molecular formula is C10H18N2O2S. The summed E-state index contributed by atoms with van der Waals surface area (Å²) < 4.78 is 25.3. The van der Waals surface area contributed by atoms with E-state index in [4.69, 9.17) is 5.26 Å². The van der Waals surface area contributed by atoms with Gasteiger partial charge in [0.15, 0.2) is 5.75 Å².